The molecule has 2 aliphatic rings. The van der Waals surface area contributed by atoms with Gasteiger partial charge in [-0.2, -0.15) is 0 Å². The Hall–Kier alpha value is -1.97. The van der Waals surface area contributed by atoms with Gasteiger partial charge in [0.05, 0.1) is 19.3 Å². The summed E-state index contributed by atoms with van der Waals surface area (Å²) in [5, 5.41) is 9.92. The van der Waals surface area contributed by atoms with Gasteiger partial charge in [-0.1, -0.05) is 6.92 Å². The number of carbonyl (C=O) groups excluding carboxylic acids is 1. The van der Waals surface area contributed by atoms with Crippen molar-refractivity contribution in [1.82, 2.24) is 20.6 Å². The summed E-state index contributed by atoms with van der Waals surface area (Å²) in [6, 6.07) is 1.41. The van der Waals surface area contributed by atoms with E-state index in [-0.39, 0.29) is 24.3 Å². The summed E-state index contributed by atoms with van der Waals surface area (Å²) < 4.78 is 16.5. The van der Waals surface area contributed by atoms with Gasteiger partial charge in [0.1, 0.15) is 6.10 Å². The SMILES string of the molecule is CC[C@H](C)NC(=O)O[C@H]1CO[C@H](c2cnc(NC3CCC(N[C@H](C)COC)CC3)nc2)C1. The number of aromatic nitrogens is 2. The fourth-order valence-electron chi connectivity index (χ4n) is 4.27. The number of amides is 1. The molecule has 1 aromatic heterocycles. The number of ether oxygens (including phenoxy) is 3. The molecule has 0 bridgehead atoms. The smallest absolute Gasteiger partial charge is 0.407 e. The Morgan fingerprint density at radius 2 is 1.84 bits per heavy atom. The van der Waals surface area contributed by atoms with Crippen LogP contribution in [0.5, 0.6) is 0 Å². The first-order valence-electron chi connectivity index (χ1n) is 11.9. The lowest BCUT2D eigenvalue weighted by Crippen LogP contribution is -2.43. The summed E-state index contributed by atoms with van der Waals surface area (Å²) in [5.74, 6) is 0.650. The molecule has 4 atom stereocenters. The zero-order valence-corrected chi connectivity index (χ0v) is 19.8. The maximum Gasteiger partial charge on any atom is 0.407 e. The van der Waals surface area contributed by atoms with E-state index < -0.39 is 0 Å². The molecule has 2 fully saturated rings. The Morgan fingerprint density at radius 1 is 1.16 bits per heavy atom. The van der Waals surface area contributed by atoms with Crippen molar-refractivity contribution in [2.45, 2.75) is 95.7 Å². The van der Waals surface area contributed by atoms with Crippen LogP contribution in [0, 0.1) is 0 Å². The molecule has 0 aromatic carbocycles. The van der Waals surface area contributed by atoms with Crippen molar-refractivity contribution in [3.63, 3.8) is 0 Å². The van der Waals surface area contributed by atoms with Crippen LogP contribution in [0.25, 0.3) is 0 Å². The lowest BCUT2D eigenvalue weighted by Gasteiger charge is -2.31. The summed E-state index contributed by atoms with van der Waals surface area (Å²) >= 11 is 0. The maximum absolute atomic E-state index is 11.9. The zero-order valence-electron chi connectivity index (χ0n) is 19.8. The van der Waals surface area contributed by atoms with E-state index in [0.29, 0.717) is 37.1 Å². The molecular weight excluding hydrogens is 410 g/mol. The maximum atomic E-state index is 11.9. The van der Waals surface area contributed by atoms with E-state index in [0.717, 1.165) is 44.3 Å². The average Bonchev–Trinajstić information content (AvgIpc) is 3.24. The number of anilines is 1. The van der Waals surface area contributed by atoms with Gasteiger partial charge < -0.3 is 30.2 Å². The van der Waals surface area contributed by atoms with Crippen molar-refractivity contribution in [1.29, 1.82) is 0 Å². The topological polar surface area (TPSA) is 107 Å². The van der Waals surface area contributed by atoms with Crippen LogP contribution in [-0.4, -0.2) is 66.7 Å². The molecule has 1 aliphatic carbocycles. The lowest BCUT2D eigenvalue weighted by molar-refractivity contribution is 0.0686. The van der Waals surface area contributed by atoms with Crippen LogP contribution in [0.15, 0.2) is 12.4 Å². The summed E-state index contributed by atoms with van der Waals surface area (Å²) in [6.45, 7) is 7.26. The van der Waals surface area contributed by atoms with E-state index in [1.807, 2.05) is 13.8 Å². The lowest BCUT2D eigenvalue weighted by atomic mass is 9.91. The number of nitrogens with zero attached hydrogens (tertiary/aromatic N) is 2. The quantitative estimate of drug-likeness (QED) is 0.500. The molecule has 0 radical (unpaired) electrons. The Bertz CT molecular complexity index is 696. The molecule has 9 nitrogen and oxygen atoms in total. The molecule has 32 heavy (non-hydrogen) atoms. The van der Waals surface area contributed by atoms with Gasteiger partial charge in [-0.15, -0.1) is 0 Å². The number of alkyl carbamates (subject to hydrolysis) is 1. The summed E-state index contributed by atoms with van der Waals surface area (Å²) in [7, 11) is 1.74. The molecule has 2 heterocycles. The minimum absolute atomic E-state index is 0.0968. The Morgan fingerprint density at radius 3 is 2.50 bits per heavy atom. The third-order valence-electron chi connectivity index (χ3n) is 6.25. The number of hydrogen-bond donors (Lipinski definition) is 3. The van der Waals surface area contributed by atoms with Crippen LogP contribution in [-0.2, 0) is 14.2 Å². The Balaban J connectivity index is 1.40. The van der Waals surface area contributed by atoms with Crippen LogP contribution < -0.4 is 16.0 Å². The number of rotatable bonds is 10. The fraction of sp³-hybridized carbons (Fsp3) is 0.783. The molecule has 0 unspecified atom stereocenters. The third kappa shape index (κ3) is 7.56. The van der Waals surface area contributed by atoms with Crippen LogP contribution >= 0.6 is 0 Å². The van der Waals surface area contributed by atoms with E-state index >= 15 is 0 Å². The predicted octanol–water partition coefficient (Wildman–Crippen LogP) is 3.18. The van der Waals surface area contributed by atoms with E-state index in [4.69, 9.17) is 14.2 Å². The standard InChI is InChI=1S/C23H39N5O4/c1-5-15(2)27-23(29)32-20-10-21(31-14-20)17-11-24-22(25-12-17)28-19-8-6-18(7-9-19)26-16(3)13-30-4/h11-12,15-16,18-21,26H,5-10,13-14H2,1-4H3,(H,27,29)(H,24,25,28)/t15-,16+,18?,19?,20+,21-/m0/s1. The molecule has 1 aromatic rings. The van der Waals surface area contributed by atoms with Crippen LogP contribution in [0.4, 0.5) is 10.7 Å². The van der Waals surface area contributed by atoms with Gasteiger partial charge in [-0.25, -0.2) is 14.8 Å². The first kappa shape index (κ1) is 24.7. The van der Waals surface area contributed by atoms with Crippen molar-refractivity contribution >= 4 is 12.0 Å². The monoisotopic (exact) mass is 449 g/mol. The molecule has 1 saturated heterocycles. The highest BCUT2D eigenvalue weighted by atomic mass is 16.6. The largest absolute Gasteiger partial charge is 0.444 e. The van der Waals surface area contributed by atoms with Crippen molar-refractivity contribution < 1.29 is 19.0 Å². The van der Waals surface area contributed by atoms with Gasteiger partial charge in [0.15, 0.2) is 0 Å². The second-order valence-electron chi connectivity index (χ2n) is 9.09. The predicted molar refractivity (Wildman–Crippen MR) is 123 cm³/mol. The normalized spacial score (nSPS) is 27.5. The van der Waals surface area contributed by atoms with Gasteiger partial charge >= 0.3 is 6.09 Å². The molecule has 3 rings (SSSR count). The Labute approximate surface area is 191 Å². The van der Waals surface area contributed by atoms with E-state index in [1.54, 1.807) is 19.5 Å². The van der Waals surface area contributed by atoms with Gasteiger partial charge in [0.2, 0.25) is 5.95 Å². The minimum atomic E-state index is -0.387. The number of carbonyl (C=O) groups is 1. The molecule has 3 N–H and O–H groups in total. The number of methoxy groups -OCH3 is 1. The van der Waals surface area contributed by atoms with Crippen molar-refractivity contribution in [3.05, 3.63) is 18.0 Å². The van der Waals surface area contributed by atoms with Gasteiger partial charge in [0.25, 0.3) is 0 Å². The fourth-order valence-corrected chi connectivity index (χ4v) is 4.27. The van der Waals surface area contributed by atoms with Crippen molar-refractivity contribution in [3.8, 4) is 0 Å². The molecule has 1 saturated carbocycles. The highest BCUT2D eigenvalue weighted by Gasteiger charge is 2.30. The summed E-state index contributed by atoms with van der Waals surface area (Å²) in [4.78, 5) is 20.9. The number of nitrogens with one attached hydrogen (secondary N) is 3. The Kier molecular flexibility index (Phi) is 9.50. The third-order valence-corrected chi connectivity index (χ3v) is 6.25. The van der Waals surface area contributed by atoms with Crippen LogP contribution in [0.2, 0.25) is 0 Å². The summed E-state index contributed by atoms with van der Waals surface area (Å²) in [5.41, 5.74) is 0.907. The van der Waals surface area contributed by atoms with Crippen LogP contribution in [0.3, 0.4) is 0 Å². The average molecular weight is 450 g/mol. The first-order valence-corrected chi connectivity index (χ1v) is 11.9. The van der Waals surface area contributed by atoms with Gasteiger partial charge in [0, 0.05) is 55.7 Å². The molecule has 1 amide bonds. The van der Waals surface area contributed by atoms with Crippen molar-refractivity contribution in [2.24, 2.45) is 0 Å². The highest BCUT2D eigenvalue weighted by molar-refractivity contribution is 5.67. The summed E-state index contributed by atoms with van der Waals surface area (Å²) in [6.07, 6.45) is 8.74. The molecule has 180 valence electrons. The number of hydrogen-bond acceptors (Lipinski definition) is 8. The zero-order chi connectivity index (χ0) is 22.9. The first-order chi connectivity index (χ1) is 15.5. The molecular formula is C23H39N5O4. The van der Waals surface area contributed by atoms with E-state index in [1.165, 1.54) is 0 Å². The minimum Gasteiger partial charge on any atom is -0.444 e. The van der Waals surface area contributed by atoms with E-state index in [9.17, 15) is 4.79 Å². The second-order valence-corrected chi connectivity index (χ2v) is 9.09. The van der Waals surface area contributed by atoms with E-state index in [2.05, 4.69) is 32.8 Å². The van der Waals surface area contributed by atoms with Crippen LogP contribution in [0.1, 0.15) is 71.0 Å². The van der Waals surface area contributed by atoms with Gasteiger partial charge in [-0.05, 0) is 46.0 Å². The molecule has 1 aliphatic heterocycles. The molecule has 9 heteroatoms. The highest BCUT2D eigenvalue weighted by Crippen LogP contribution is 2.30. The van der Waals surface area contributed by atoms with Gasteiger partial charge in [-0.3, -0.25) is 0 Å². The molecule has 0 spiro atoms. The second kappa shape index (κ2) is 12.3. The van der Waals surface area contributed by atoms with Crippen molar-refractivity contribution in [2.75, 3.05) is 25.6 Å².